The second kappa shape index (κ2) is 7.21. The Labute approximate surface area is 121 Å². The van der Waals surface area contributed by atoms with Crippen LogP contribution in [0.5, 0.6) is 0 Å². The number of nitrogens with zero attached hydrogens (tertiary/aromatic N) is 1. The van der Waals surface area contributed by atoms with Crippen LogP contribution in [0, 0.1) is 16.0 Å². The molecule has 0 aromatic heterocycles. The van der Waals surface area contributed by atoms with E-state index in [4.69, 9.17) is 11.6 Å². The van der Waals surface area contributed by atoms with Gasteiger partial charge in [0.1, 0.15) is 0 Å². The first-order valence-corrected chi connectivity index (χ1v) is 6.64. The van der Waals surface area contributed by atoms with E-state index in [1.54, 1.807) is 0 Å². The van der Waals surface area contributed by atoms with Crippen molar-refractivity contribution in [1.29, 1.82) is 0 Å². The highest BCUT2D eigenvalue weighted by Crippen LogP contribution is 2.22. The van der Waals surface area contributed by atoms with E-state index in [0.29, 0.717) is 0 Å². The summed E-state index contributed by atoms with van der Waals surface area (Å²) < 4.78 is 0. The van der Waals surface area contributed by atoms with Gasteiger partial charge in [0.05, 0.1) is 21.6 Å². The molecule has 0 fully saturated rings. The van der Waals surface area contributed by atoms with Crippen molar-refractivity contribution < 1.29 is 14.8 Å². The number of aliphatic hydroxyl groups is 1. The van der Waals surface area contributed by atoms with Crippen LogP contribution in [-0.4, -0.2) is 28.6 Å². The molecular weight excluding hydrogens is 284 g/mol. The minimum absolute atomic E-state index is 0.00901. The summed E-state index contributed by atoms with van der Waals surface area (Å²) >= 11 is 5.85. The molecule has 7 heteroatoms. The molecule has 0 spiro atoms. The molecule has 0 saturated carbocycles. The molecule has 2 atom stereocenters. The van der Waals surface area contributed by atoms with Crippen LogP contribution in [0.15, 0.2) is 18.2 Å². The summed E-state index contributed by atoms with van der Waals surface area (Å²) in [6.45, 7) is 3.94. The molecule has 0 aliphatic heterocycles. The SMILES string of the molecule is CCC(C)C(O)CNC(=O)c1ccc([N+](=O)[O-])cc1Cl. The summed E-state index contributed by atoms with van der Waals surface area (Å²) in [5, 5.41) is 22.9. The molecule has 1 amide bonds. The number of carbonyl (C=O) groups excluding carboxylic acids is 1. The second-order valence-electron chi connectivity index (χ2n) is 4.58. The van der Waals surface area contributed by atoms with Gasteiger partial charge >= 0.3 is 0 Å². The quantitative estimate of drug-likeness (QED) is 0.623. The van der Waals surface area contributed by atoms with Crippen molar-refractivity contribution in [3.05, 3.63) is 38.9 Å². The van der Waals surface area contributed by atoms with Gasteiger partial charge in [0.15, 0.2) is 0 Å². The number of nitrogens with one attached hydrogen (secondary N) is 1. The molecule has 0 saturated heterocycles. The number of carbonyl (C=O) groups is 1. The molecule has 0 radical (unpaired) electrons. The average molecular weight is 301 g/mol. The van der Waals surface area contributed by atoms with Crippen LogP contribution in [0.2, 0.25) is 5.02 Å². The van der Waals surface area contributed by atoms with Gasteiger partial charge in [-0.25, -0.2) is 0 Å². The normalized spacial score (nSPS) is 13.6. The number of amides is 1. The van der Waals surface area contributed by atoms with E-state index in [-0.39, 0.29) is 28.7 Å². The fraction of sp³-hybridized carbons (Fsp3) is 0.462. The first-order chi connectivity index (χ1) is 9.36. The van der Waals surface area contributed by atoms with Gasteiger partial charge in [-0.2, -0.15) is 0 Å². The van der Waals surface area contributed by atoms with E-state index in [0.717, 1.165) is 12.5 Å². The van der Waals surface area contributed by atoms with Crippen molar-refractivity contribution in [1.82, 2.24) is 5.32 Å². The highest BCUT2D eigenvalue weighted by Gasteiger charge is 2.17. The maximum atomic E-state index is 11.9. The Balaban J connectivity index is 2.71. The van der Waals surface area contributed by atoms with Crippen molar-refractivity contribution >= 4 is 23.2 Å². The summed E-state index contributed by atoms with van der Waals surface area (Å²) in [5.41, 5.74) is -0.0280. The fourth-order valence-corrected chi connectivity index (χ4v) is 1.83. The Hall–Kier alpha value is -1.66. The number of benzene rings is 1. The van der Waals surface area contributed by atoms with Crippen molar-refractivity contribution in [3.8, 4) is 0 Å². The lowest BCUT2D eigenvalue weighted by Crippen LogP contribution is -2.35. The highest BCUT2D eigenvalue weighted by atomic mass is 35.5. The van der Waals surface area contributed by atoms with Crippen molar-refractivity contribution in [2.75, 3.05) is 6.54 Å². The van der Waals surface area contributed by atoms with E-state index < -0.39 is 16.9 Å². The zero-order chi connectivity index (χ0) is 15.3. The third-order valence-electron chi connectivity index (χ3n) is 3.18. The number of hydrogen-bond donors (Lipinski definition) is 2. The molecule has 1 aromatic carbocycles. The third-order valence-corrected chi connectivity index (χ3v) is 3.49. The first-order valence-electron chi connectivity index (χ1n) is 6.27. The number of halogens is 1. The summed E-state index contributed by atoms with van der Waals surface area (Å²) in [6, 6.07) is 3.64. The second-order valence-corrected chi connectivity index (χ2v) is 4.99. The molecule has 6 nitrogen and oxygen atoms in total. The van der Waals surface area contributed by atoms with Crippen LogP contribution in [-0.2, 0) is 0 Å². The maximum absolute atomic E-state index is 11.9. The Kier molecular flexibility index (Phi) is 5.91. The fourth-order valence-electron chi connectivity index (χ4n) is 1.57. The van der Waals surface area contributed by atoms with Gasteiger partial charge in [0, 0.05) is 18.7 Å². The zero-order valence-electron chi connectivity index (χ0n) is 11.3. The van der Waals surface area contributed by atoms with Gasteiger partial charge in [-0.15, -0.1) is 0 Å². The van der Waals surface area contributed by atoms with E-state index in [1.807, 2.05) is 13.8 Å². The van der Waals surface area contributed by atoms with Crippen molar-refractivity contribution in [3.63, 3.8) is 0 Å². The van der Waals surface area contributed by atoms with Crippen LogP contribution in [0.4, 0.5) is 5.69 Å². The van der Waals surface area contributed by atoms with Gasteiger partial charge in [-0.1, -0.05) is 31.9 Å². The molecule has 2 N–H and O–H groups in total. The van der Waals surface area contributed by atoms with E-state index in [2.05, 4.69) is 5.32 Å². The minimum Gasteiger partial charge on any atom is -0.391 e. The predicted molar refractivity (Wildman–Crippen MR) is 75.9 cm³/mol. The van der Waals surface area contributed by atoms with Gasteiger partial charge in [-0.3, -0.25) is 14.9 Å². The number of non-ortho nitro benzene ring substituents is 1. The molecule has 110 valence electrons. The molecule has 20 heavy (non-hydrogen) atoms. The van der Waals surface area contributed by atoms with E-state index in [9.17, 15) is 20.0 Å². The van der Waals surface area contributed by atoms with Gasteiger partial charge < -0.3 is 10.4 Å². The lowest BCUT2D eigenvalue weighted by molar-refractivity contribution is -0.384. The number of nitro groups is 1. The van der Waals surface area contributed by atoms with Crippen molar-refractivity contribution in [2.45, 2.75) is 26.4 Å². The summed E-state index contributed by atoms with van der Waals surface area (Å²) in [6.07, 6.45) is 0.163. The predicted octanol–water partition coefficient (Wildman–Crippen LogP) is 2.39. The van der Waals surface area contributed by atoms with Gasteiger partial charge in [-0.05, 0) is 12.0 Å². The minimum atomic E-state index is -0.638. The topological polar surface area (TPSA) is 92.5 Å². The Morgan fingerprint density at radius 3 is 2.70 bits per heavy atom. The number of rotatable bonds is 6. The molecule has 0 aliphatic carbocycles. The number of nitro benzene ring substituents is 1. The summed E-state index contributed by atoms with van der Waals surface area (Å²) in [4.78, 5) is 21.9. The summed E-state index contributed by atoms with van der Waals surface area (Å²) in [5.74, 6) is -0.394. The van der Waals surface area contributed by atoms with Crippen LogP contribution < -0.4 is 5.32 Å². The number of aliphatic hydroxyl groups excluding tert-OH is 1. The standard InChI is InChI=1S/C13H17ClN2O4/c1-3-8(2)12(17)7-15-13(18)10-5-4-9(16(19)20)6-11(10)14/h4-6,8,12,17H,3,7H2,1-2H3,(H,15,18). The Morgan fingerprint density at radius 2 is 2.20 bits per heavy atom. The van der Waals surface area contributed by atoms with Crippen LogP contribution in [0.1, 0.15) is 30.6 Å². The third kappa shape index (κ3) is 4.18. The van der Waals surface area contributed by atoms with Crippen LogP contribution in [0.25, 0.3) is 0 Å². The average Bonchev–Trinajstić information content (AvgIpc) is 2.43. The molecule has 1 rings (SSSR count). The number of hydrogen-bond acceptors (Lipinski definition) is 4. The van der Waals surface area contributed by atoms with Gasteiger partial charge in [0.25, 0.3) is 11.6 Å². The van der Waals surface area contributed by atoms with Crippen LogP contribution >= 0.6 is 11.6 Å². The molecule has 1 aromatic rings. The van der Waals surface area contributed by atoms with Crippen LogP contribution in [0.3, 0.4) is 0 Å². The lowest BCUT2D eigenvalue weighted by atomic mass is 10.0. The highest BCUT2D eigenvalue weighted by molar-refractivity contribution is 6.34. The van der Waals surface area contributed by atoms with E-state index >= 15 is 0 Å². The maximum Gasteiger partial charge on any atom is 0.270 e. The first kappa shape index (κ1) is 16.4. The zero-order valence-corrected chi connectivity index (χ0v) is 12.1. The largest absolute Gasteiger partial charge is 0.391 e. The molecule has 0 heterocycles. The lowest BCUT2D eigenvalue weighted by Gasteiger charge is -2.17. The smallest absolute Gasteiger partial charge is 0.270 e. The summed E-state index contributed by atoms with van der Waals surface area (Å²) in [7, 11) is 0. The molecule has 0 bridgehead atoms. The van der Waals surface area contributed by atoms with E-state index in [1.165, 1.54) is 12.1 Å². The van der Waals surface area contributed by atoms with Crippen molar-refractivity contribution in [2.24, 2.45) is 5.92 Å². The van der Waals surface area contributed by atoms with Gasteiger partial charge in [0.2, 0.25) is 0 Å². The Bertz CT molecular complexity index is 507. The molecular formula is C13H17ClN2O4. The Morgan fingerprint density at radius 1 is 1.55 bits per heavy atom. The molecule has 0 aliphatic rings. The molecule has 2 unspecified atom stereocenters. The monoisotopic (exact) mass is 300 g/mol.